The van der Waals surface area contributed by atoms with Gasteiger partial charge in [0.15, 0.2) is 0 Å². The molecule has 1 atom stereocenters. The first-order valence-corrected chi connectivity index (χ1v) is 7.46. The number of carbonyl (C=O) groups is 2. The molecule has 2 aromatic rings. The Bertz CT molecular complexity index is 726. The Hall–Kier alpha value is -2.53. The molecule has 4 nitrogen and oxygen atoms in total. The van der Waals surface area contributed by atoms with Crippen molar-refractivity contribution in [1.82, 2.24) is 5.32 Å². The van der Waals surface area contributed by atoms with E-state index in [2.05, 4.69) is 5.32 Å². The van der Waals surface area contributed by atoms with Crippen molar-refractivity contribution in [3.63, 3.8) is 0 Å². The quantitative estimate of drug-likeness (QED) is 0.883. The third-order valence-electron chi connectivity index (χ3n) is 3.90. The van der Waals surface area contributed by atoms with Crippen molar-refractivity contribution in [2.75, 3.05) is 4.90 Å². The van der Waals surface area contributed by atoms with Gasteiger partial charge in [0.25, 0.3) is 5.91 Å². The summed E-state index contributed by atoms with van der Waals surface area (Å²) in [6.07, 6.45) is 0.133. The van der Waals surface area contributed by atoms with Crippen LogP contribution in [-0.4, -0.2) is 17.9 Å². The van der Waals surface area contributed by atoms with Crippen LogP contribution in [0.25, 0.3) is 0 Å². The molecule has 1 saturated heterocycles. The maximum Gasteiger partial charge on any atom is 0.251 e. The Kier molecular flexibility index (Phi) is 4.21. The molecule has 0 saturated carbocycles. The Morgan fingerprint density at radius 3 is 2.39 bits per heavy atom. The highest BCUT2D eigenvalue weighted by molar-refractivity contribution is 6.22. The topological polar surface area (TPSA) is 49.4 Å². The van der Waals surface area contributed by atoms with E-state index < -0.39 is 6.04 Å². The summed E-state index contributed by atoms with van der Waals surface area (Å²) < 4.78 is 12.9. The van der Waals surface area contributed by atoms with Crippen molar-refractivity contribution in [1.29, 1.82) is 0 Å². The predicted octanol–water partition coefficient (Wildman–Crippen LogP) is 2.56. The van der Waals surface area contributed by atoms with Crippen molar-refractivity contribution < 1.29 is 14.0 Å². The van der Waals surface area contributed by atoms with Gasteiger partial charge in [-0.3, -0.25) is 9.59 Å². The molecule has 23 heavy (non-hydrogen) atoms. The number of hydrogen-bond donors (Lipinski definition) is 1. The van der Waals surface area contributed by atoms with Crippen molar-refractivity contribution in [3.8, 4) is 0 Å². The van der Waals surface area contributed by atoms with Gasteiger partial charge in [-0.25, -0.2) is 9.29 Å². The fourth-order valence-corrected chi connectivity index (χ4v) is 2.60. The van der Waals surface area contributed by atoms with E-state index in [1.54, 1.807) is 24.3 Å². The average Bonchev–Trinajstić information content (AvgIpc) is 2.82. The zero-order valence-electron chi connectivity index (χ0n) is 12.8. The van der Waals surface area contributed by atoms with E-state index in [-0.39, 0.29) is 24.1 Å². The standard InChI is InChI=1S/C18H17FN2O2/c1-12-2-8-15(9-3-12)21-17(22)10-16(18(21)23)20-11-13-4-6-14(19)7-5-13/h2-9,16,20H,10-11H2,1H3/t16-/m0/s1. The molecule has 1 heterocycles. The van der Waals surface area contributed by atoms with Crippen LogP contribution in [0.1, 0.15) is 17.5 Å². The van der Waals surface area contributed by atoms with Crippen LogP contribution in [0.15, 0.2) is 48.5 Å². The van der Waals surface area contributed by atoms with Crippen LogP contribution in [0.3, 0.4) is 0 Å². The summed E-state index contributed by atoms with van der Waals surface area (Å²) in [5, 5.41) is 3.07. The van der Waals surface area contributed by atoms with Crippen molar-refractivity contribution in [2.24, 2.45) is 0 Å². The number of nitrogens with one attached hydrogen (secondary N) is 1. The molecule has 2 aromatic carbocycles. The lowest BCUT2D eigenvalue weighted by Gasteiger charge is -2.15. The minimum Gasteiger partial charge on any atom is -0.301 e. The van der Waals surface area contributed by atoms with Crippen LogP contribution in [0.5, 0.6) is 0 Å². The van der Waals surface area contributed by atoms with E-state index in [9.17, 15) is 14.0 Å². The lowest BCUT2D eigenvalue weighted by atomic mass is 10.2. The number of aryl methyl sites for hydroxylation is 1. The summed E-state index contributed by atoms with van der Waals surface area (Å²) in [5.41, 5.74) is 2.52. The van der Waals surface area contributed by atoms with E-state index in [1.165, 1.54) is 17.0 Å². The first kappa shape index (κ1) is 15.4. The fourth-order valence-electron chi connectivity index (χ4n) is 2.60. The minimum atomic E-state index is -0.547. The third kappa shape index (κ3) is 3.29. The molecule has 0 radical (unpaired) electrons. The molecule has 0 unspecified atom stereocenters. The van der Waals surface area contributed by atoms with Crippen LogP contribution >= 0.6 is 0 Å². The summed E-state index contributed by atoms with van der Waals surface area (Å²) in [7, 11) is 0. The largest absolute Gasteiger partial charge is 0.301 e. The van der Waals surface area contributed by atoms with Crippen LogP contribution < -0.4 is 10.2 Å². The van der Waals surface area contributed by atoms with Gasteiger partial charge in [0.1, 0.15) is 5.82 Å². The van der Waals surface area contributed by atoms with E-state index in [0.29, 0.717) is 12.2 Å². The van der Waals surface area contributed by atoms with Gasteiger partial charge in [0.2, 0.25) is 5.91 Å². The van der Waals surface area contributed by atoms with Crippen LogP contribution in [0.4, 0.5) is 10.1 Å². The summed E-state index contributed by atoms with van der Waals surface area (Å²) in [6, 6.07) is 12.8. The lowest BCUT2D eigenvalue weighted by molar-refractivity contribution is -0.121. The number of benzene rings is 2. The molecular formula is C18H17FN2O2. The number of nitrogens with zero attached hydrogens (tertiary/aromatic N) is 1. The SMILES string of the molecule is Cc1ccc(N2C(=O)C[C@H](NCc3ccc(F)cc3)C2=O)cc1. The fraction of sp³-hybridized carbons (Fsp3) is 0.222. The van der Waals surface area contributed by atoms with Gasteiger partial charge in [0, 0.05) is 6.54 Å². The highest BCUT2D eigenvalue weighted by atomic mass is 19.1. The molecule has 1 N–H and O–H groups in total. The molecule has 2 amide bonds. The molecule has 5 heteroatoms. The zero-order chi connectivity index (χ0) is 16.4. The number of amides is 2. The number of imide groups is 1. The predicted molar refractivity (Wildman–Crippen MR) is 85.3 cm³/mol. The van der Waals surface area contributed by atoms with E-state index in [4.69, 9.17) is 0 Å². The highest BCUT2D eigenvalue weighted by Gasteiger charge is 2.39. The Morgan fingerprint density at radius 2 is 1.74 bits per heavy atom. The molecule has 0 bridgehead atoms. The Balaban J connectivity index is 1.68. The number of rotatable bonds is 4. The van der Waals surface area contributed by atoms with E-state index in [1.807, 2.05) is 19.1 Å². The first-order valence-electron chi connectivity index (χ1n) is 7.46. The van der Waals surface area contributed by atoms with E-state index >= 15 is 0 Å². The lowest BCUT2D eigenvalue weighted by Crippen LogP contribution is -2.38. The molecule has 0 spiro atoms. The third-order valence-corrected chi connectivity index (χ3v) is 3.90. The van der Waals surface area contributed by atoms with Gasteiger partial charge in [-0.15, -0.1) is 0 Å². The van der Waals surface area contributed by atoms with Crippen LogP contribution in [-0.2, 0) is 16.1 Å². The smallest absolute Gasteiger partial charge is 0.251 e. The Labute approximate surface area is 133 Å². The minimum absolute atomic E-state index is 0.133. The first-order chi connectivity index (χ1) is 11.0. The van der Waals surface area contributed by atoms with Crippen molar-refractivity contribution in [2.45, 2.75) is 25.9 Å². The number of anilines is 1. The summed E-state index contributed by atoms with van der Waals surface area (Å²) in [5.74, 6) is -0.761. The molecular weight excluding hydrogens is 295 g/mol. The second kappa shape index (κ2) is 6.30. The monoisotopic (exact) mass is 312 g/mol. The van der Waals surface area contributed by atoms with Crippen LogP contribution in [0.2, 0.25) is 0 Å². The van der Waals surface area contributed by atoms with Crippen molar-refractivity contribution in [3.05, 3.63) is 65.5 Å². The highest BCUT2D eigenvalue weighted by Crippen LogP contribution is 2.23. The van der Waals surface area contributed by atoms with Gasteiger partial charge in [-0.2, -0.15) is 0 Å². The second-order valence-electron chi connectivity index (χ2n) is 5.67. The molecule has 3 rings (SSSR count). The summed E-state index contributed by atoms with van der Waals surface area (Å²) in [4.78, 5) is 25.8. The average molecular weight is 312 g/mol. The molecule has 1 aliphatic heterocycles. The number of hydrogen-bond acceptors (Lipinski definition) is 3. The number of halogens is 1. The normalized spacial score (nSPS) is 17.8. The number of carbonyl (C=O) groups excluding carboxylic acids is 2. The zero-order valence-corrected chi connectivity index (χ0v) is 12.8. The molecule has 1 aliphatic rings. The maximum atomic E-state index is 12.9. The van der Waals surface area contributed by atoms with Gasteiger partial charge in [0.05, 0.1) is 18.2 Å². The van der Waals surface area contributed by atoms with Gasteiger partial charge in [-0.05, 0) is 36.8 Å². The maximum absolute atomic E-state index is 12.9. The van der Waals surface area contributed by atoms with Crippen LogP contribution in [0, 0.1) is 12.7 Å². The van der Waals surface area contributed by atoms with Gasteiger partial charge >= 0.3 is 0 Å². The molecule has 118 valence electrons. The van der Waals surface area contributed by atoms with Crippen molar-refractivity contribution >= 4 is 17.5 Å². The van der Waals surface area contributed by atoms with E-state index in [0.717, 1.165) is 11.1 Å². The summed E-state index contributed by atoms with van der Waals surface area (Å²) in [6.45, 7) is 2.36. The molecule has 0 aromatic heterocycles. The van der Waals surface area contributed by atoms with Gasteiger partial charge < -0.3 is 5.32 Å². The second-order valence-corrected chi connectivity index (χ2v) is 5.67. The molecule has 1 fully saturated rings. The summed E-state index contributed by atoms with van der Waals surface area (Å²) >= 11 is 0. The van der Waals surface area contributed by atoms with Gasteiger partial charge in [-0.1, -0.05) is 29.8 Å². The molecule has 0 aliphatic carbocycles. The Morgan fingerprint density at radius 1 is 1.09 bits per heavy atom.